The van der Waals surface area contributed by atoms with E-state index in [-0.39, 0.29) is 5.92 Å². The minimum atomic E-state index is -0.0133. The number of nitrogens with one attached hydrogen (secondary N) is 3. The van der Waals surface area contributed by atoms with Gasteiger partial charge < -0.3 is 25.4 Å². The lowest BCUT2D eigenvalue weighted by Crippen LogP contribution is -2.25. The highest BCUT2D eigenvalue weighted by atomic mass is 32.2. The zero-order valence-corrected chi connectivity index (χ0v) is 24.2. The largest absolute Gasteiger partial charge is 0.493 e. The summed E-state index contributed by atoms with van der Waals surface area (Å²) in [5.41, 5.74) is 3.17. The number of terminal acetylenes is 1. The number of rotatable bonds is 13. The Balaban J connectivity index is 1.24. The van der Waals surface area contributed by atoms with E-state index in [1.165, 1.54) is 12.1 Å². The van der Waals surface area contributed by atoms with Gasteiger partial charge in [-0.05, 0) is 49.8 Å². The first kappa shape index (κ1) is 28.3. The smallest absolute Gasteiger partial charge is 0.169 e. The molecule has 0 radical (unpaired) electrons. The second-order valence-corrected chi connectivity index (χ2v) is 11.0. The molecule has 2 atom stereocenters. The van der Waals surface area contributed by atoms with Crippen LogP contribution in [0.2, 0.25) is 0 Å². The lowest BCUT2D eigenvalue weighted by atomic mass is 10.2. The van der Waals surface area contributed by atoms with Crippen molar-refractivity contribution < 1.29 is 9.47 Å². The molecule has 5 rings (SSSR count). The van der Waals surface area contributed by atoms with Gasteiger partial charge in [0, 0.05) is 54.8 Å². The highest BCUT2D eigenvalue weighted by Crippen LogP contribution is 2.31. The van der Waals surface area contributed by atoms with Crippen LogP contribution in [0.15, 0.2) is 59.8 Å². The maximum atomic E-state index is 6.14. The summed E-state index contributed by atoms with van der Waals surface area (Å²) in [4.78, 5) is 13.7. The molecule has 1 saturated heterocycles. The predicted molar refractivity (Wildman–Crippen MR) is 167 cm³/mol. The number of allylic oxidation sites excluding steroid dienone is 1. The van der Waals surface area contributed by atoms with Crippen molar-refractivity contribution in [2.75, 3.05) is 49.7 Å². The van der Waals surface area contributed by atoms with Crippen molar-refractivity contribution >= 4 is 46.3 Å². The van der Waals surface area contributed by atoms with Crippen molar-refractivity contribution in [3.8, 4) is 23.8 Å². The number of aromatic nitrogens is 3. The molecule has 2 aliphatic rings. The zero-order valence-electron chi connectivity index (χ0n) is 23.4. The van der Waals surface area contributed by atoms with Crippen LogP contribution >= 0.6 is 11.8 Å². The Bertz CT molecular complexity index is 1510. The van der Waals surface area contributed by atoms with Crippen LogP contribution in [-0.2, 0) is 0 Å². The summed E-state index contributed by atoms with van der Waals surface area (Å²) in [6.45, 7) is 7.14. The maximum Gasteiger partial charge on any atom is 0.169 e. The third-order valence-electron chi connectivity index (χ3n) is 6.42. The van der Waals surface area contributed by atoms with Crippen molar-refractivity contribution in [3.63, 3.8) is 0 Å². The van der Waals surface area contributed by atoms with Gasteiger partial charge in [-0.2, -0.15) is 16.9 Å². The van der Waals surface area contributed by atoms with Gasteiger partial charge in [0.25, 0.3) is 0 Å². The van der Waals surface area contributed by atoms with Gasteiger partial charge in [0.05, 0.1) is 25.1 Å². The molecule has 3 N–H and O–H groups in total. The second kappa shape index (κ2) is 13.4. The number of hydrogen-bond donors (Lipinski definition) is 3. The molecule has 0 amide bonds. The number of methoxy groups -OCH3 is 1. The number of fused-ring (bicyclic) bond motifs is 1. The quantitative estimate of drug-likeness (QED) is 0.117. The lowest BCUT2D eigenvalue weighted by molar-refractivity contribution is 0.393. The Morgan fingerprint density at radius 2 is 2.12 bits per heavy atom. The van der Waals surface area contributed by atoms with Gasteiger partial charge >= 0.3 is 0 Å². The number of hydrogen-bond acceptors (Lipinski definition) is 11. The van der Waals surface area contributed by atoms with E-state index < -0.39 is 0 Å². The summed E-state index contributed by atoms with van der Waals surface area (Å²) in [6, 6.07) is 7.78. The number of pyridine rings is 1. The van der Waals surface area contributed by atoms with Gasteiger partial charge in [0.1, 0.15) is 23.4 Å². The van der Waals surface area contributed by atoms with Gasteiger partial charge in [-0.3, -0.25) is 5.01 Å². The summed E-state index contributed by atoms with van der Waals surface area (Å²) in [6.07, 6.45) is 14.4. The van der Waals surface area contributed by atoms with Gasteiger partial charge in [-0.1, -0.05) is 5.92 Å². The first-order chi connectivity index (χ1) is 20.0. The monoisotopic (exact) mass is 570 g/mol. The molecule has 0 saturated carbocycles. The van der Waals surface area contributed by atoms with Crippen molar-refractivity contribution in [3.05, 3.63) is 60.3 Å². The highest BCUT2D eigenvalue weighted by Gasteiger charge is 2.21. The molecule has 2 aromatic heterocycles. The lowest BCUT2D eigenvalue weighted by Gasteiger charge is -2.19. The number of ether oxygens (including phenoxy) is 2. The first-order valence-electron chi connectivity index (χ1n) is 13.5. The van der Waals surface area contributed by atoms with E-state index in [0.29, 0.717) is 35.0 Å². The number of benzene rings is 1. The predicted octanol–water partition coefficient (Wildman–Crippen LogP) is 4.55. The average Bonchev–Trinajstić information content (AvgIpc) is 3.82. The summed E-state index contributed by atoms with van der Waals surface area (Å²) in [7, 11) is 1.63. The van der Waals surface area contributed by atoms with Crippen LogP contribution in [0.5, 0.6) is 11.5 Å². The number of thioether (sulfide) groups is 1. The van der Waals surface area contributed by atoms with Crippen molar-refractivity contribution in [2.24, 2.45) is 11.0 Å². The molecule has 4 heterocycles. The van der Waals surface area contributed by atoms with Crippen LogP contribution in [-0.4, -0.2) is 70.5 Å². The number of hydrazone groups is 1. The number of anilines is 3. The standard InChI is InChI=1S/C30H34N8O2S/c1-5-20(2)16-35-38-12-8-23(9-13-38)40-26-7-6-22(14-21(26)3)36-30-28-25(33-19-34-30)15-27(39-4)29(37-28)32-11-10-31-17-24-18-41-24/h1,6-9,12,14-16,19-20,24,31H,10-11,13,17-18H2,2-4H3,(H,32,37)(H,33,34,36)/b35-16-. The molecule has 212 valence electrons. The minimum absolute atomic E-state index is 0.0133. The van der Waals surface area contributed by atoms with Crippen LogP contribution in [0.1, 0.15) is 12.5 Å². The van der Waals surface area contributed by atoms with E-state index in [0.717, 1.165) is 47.6 Å². The highest BCUT2D eigenvalue weighted by molar-refractivity contribution is 8.06. The maximum absolute atomic E-state index is 6.14. The van der Waals surface area contributed by atoms with Crippen LogP contribution in [0.25, 0.3) is 11.0 Å². The molecule has 2 unspecified atom stereocenters. The van der Waals surface area contributed by atoms with Gasteiger partial charge in [-0.15, -0.1) is 6.42 Å². The molecule has 11 heteroatoms. The van der Waals surface area contributed by atoms with Crippen molar-refractivity contribution in [1.82, 2.24) is 25.3 Å². The molecule has 3 aromatic rings. The van der Waals surface area contributed by atoms with Crippen molar-refractivity contribution in [2.45, 2.75) is 19.1 Å². The van der Waals surface area contributed by atoms with E-state index in [2.05, 4.69) is 36.9 Å². The van der Waals surface area contributed by atoms with E-state index in [4.69, 9.17) is 20.9 Å². The van der Waals surface area contributed by atoms with Gasteiger partial charge in [0.15, 0.2) is 17.4 Å². The Morgan fingerprint density at radius 1 is 1.24 bits per heavy atom. The molecular weight excluding hydrogens is 536 g/mol. The van der Waals surface area contributed by atoms with Crippen LogP contribution in [0, 0.1) is 25.2 Å². The van der Waals surface area contributed by atoms with Crippen LogP contribution < -0.4 is 25.4 Å². The third kappa shape index (κ3) is 7.68. The fourth-order valence-corrected chi connectivity index (χ4v) is 4.52. The Kier molecular flexibility index (Phi) is 9.23. The van der Waals surface area contributed by atoms with E-state index in [9.17, 15) is 0 Å². The first-order valence-corrected chi connectivity index (χ1v) is 14.5. The second-order valence-electron chi connectivity index (χ2n) is 9.69. The van der Waals surface area contributed by atoms with Crippen LogP contribution in [0.3, 0.4) is 0 Å². The summed E-state index contributed by atoms with van der Waals surface area (Å²) in [5.74, 6) is 7.30. The Morgan fingerprint density at radius 3 is 2.85 bits per heavy atom. The fourth-order valence-electron chi connectivity index (χ4n) is 4.03. The molecule has 0 bridgehead atoms. The van der Waals surface area contributed by atoms with Gasteiger partial charge in [0.2, 0.25) is 0 Å². The number of nitrogens with zero attached hydrogens (tertiary/aromatic N) is 5. The Labute approximate surface area is 244 Å². The van der Waals surface area contributed by atoms with Gasteiger partial charge in [-0.25, -0.2) is 15.0 Å². The minimum Gasteiger partial charge on any atom is -0.493 e. The summed E-state index contributed by atoms with van der Waals surface area (Å²) < 4.78 is 11.7. The molecular formula is C30H34N8O2S. The third-order valence-corrected chi connectivity index (χ3v) is 7.39. The number of aryl methyl sites for hydroxylation is 1. The van der Waals surface area contributed by atoms with E-state index in [1.807, 2.05) is 73.2 Å². The van der Waals surface area contributed by atoms with E-state index in [1.54, 1.807) is 13.3 Å². The normalized spacial score (nSPS) is 16.8. The topological polar surface area (TPSA) is 109 Å². The average molecular weight is 571 g/mol. The molecule has 10 nitrogen and oxygen atoms in total. The molecule has 0 aliphatic carbocycles. The molecule has 1 aromatic carbocycles. The molecule has 0 spiro atoms. The summed E-state index contributed by atoms with van der Waals surface area (Å²) >= 11 is 1.99. The SMILES string of the molecule is C#CC(C)/C=N\N1C=CC(Oc2ccc(Nc3ncnc4cc(OC)c(NCCNCC5CS5)nc34)cc2C)=CC1. The van der Waals surface area contributed by atoms with Crippen molar-refractivity contribution in [1.29, 1.82) is 0 Å². The molecule has 2 aliphatic heterocycles. The van der Waals surface area contributed by atoms with E-state index >= 15 is 0 Å². The Hall–Kier alpha value is -4.27. The zero-order chi connectivity index (χ0) is 28.6. The molecule has 1 fully saturated rings. The summed E-state index contributed by atoms with van der Waals surface area (Å²) in [5, 5.41) is 17.2. The fraction of sp³-hybridized carbons (Fsp3) is 0.333. The van der Waals surface area contributed by atoms with Crippen LogP contribution in [0.4, 0.5) is 17.3 Å². The molecule has 41 heavy (non-hydrogen) atoms.